The molecule has 25 heteroatoms. The molecule has 2 rings (SSSR count). The lowest BCUT2D eigenvalue weighted by Gasteiger charge is -2.41. The van der Waals surface area contributed by atoms with Gasteiger partial charge in [0.25, 0.3) is 0 Å². The molecular formula is C65H113N11O14. The zero-order chi connectivity index (χ0) is 69.3. The highest BCUT2D eigenvalue weighted by Gasteiger charge is 2.49. The van der Waals surface area contributed by atoms with Gasteiger partial charge in [-0.05, 0) is 95.3 Å². The van der Waals surface area contributed by atoms with Gasteiger partial charge in [0.1, 0.15) is 66.5 Å². The Kier molecular flexibility index (Phi) is 31.8. The average Bonchev–Trinajstić information content (AvgIpc) is 1.37. The van der Waals surface area contributed by atoms with E-state index in [4.69, 9.17) is 4.74 Å². The Hall–Kier alpha value is -6.47. The molecule has 0 bridgehead atoms. The summed E-state index contributed by atoms with van der Waals surface area (Å²) >= 11 is 0. The number of carbonyl (C=O) groups is 11. The zero-order valence-electron chi connectivity index (χ0n) is 58.1. The second-order valence-corrected chi connectivity index (χ2v) is 26.9. The third kappa shape index (κ3) is 20.8. The number of ether oxygens (including phenoxy) is 1. The number of allylic oxidation sites excluding steroid dienone is 2. The summed E-state index contributed by atoms with van der Waals surface area (Å²) in [6.07, 6.45) is 1.70. The summed E-state index contributed by atoms with van der Waals surface area (Å²) in [5, 5.41) is 34.4. The lowest BCUT2D eigenvalue weighted by atomic mass is 9.91. The molecule has 2 heterocycles. The quantitative estimate of drug-likeness (QED) is 0.114. The molecule has 25 nitrogen and oxygen atoms in total. The van der Waals surface area contributed by atoms with Crippen LogP contribution in [-0.2, 0) is 57.5 Å². The summed E-state index contributed by atoms with van der Waals surface area (Å²) in [6.45, 7) is 30.7. The van der Waals surface area contributed by atoms with Crippen LogP contribution in [0, 0.1) is 35.5 Å². The number of hydrogen-bond acceptors (Lipinski definition) is 14. The molecule has 2 saturated heterocycles. The van der Waals surface area contributed by atoms with Crippen molar-refractivity contribution in [3.63, 3.8) is 0 Å². The Labute approximate surface area is 536 Å². The van der Waals surface area contributed by atoms with Crippen molar-refractivity contribution in [2.45, 2.75) is 234 Å². The van der Waals surface area contributed by atoms with Crippen molar-refractivity contribution in [1.82, 2.24) is 55.6 Å². The van der Waals surface area contributed by atoms with Gasteiger partial charge in [0.05, 0.1) is 24.9 Å². The monoisotopic (exact) mass is 1270 g/mol. The summed E-state index contributed by atoms with van der Waals surface area (Å²) < 4.78 is 6.00. The minimum atomic E-state index is -1.67. The Balaban J connectivity index is 3.08. The number of likely N-dealkylation sites (N-methyl/N-ethyl adjacent to an activating group) is 6. The van der Waals surface area contributed by atoms with Crippen molar-refractivity contribution in [2.75, 3.05) is 55.4 Å². The topological polar surface area (TPSA) is 308 Å². The average molecular weight is 1270 g/mol. The van der Waals surface area contributed by atoms with Crippen LogP contribution in [0.25, 0.3) is 0 Å². The molecule has 0 saturated carbocycles. The van der Waals surface area contributed by atoms with Crippen LogP contribution in [0.5, 0.6) is 0 Å². The molecule has 2 unspecified atom stereocenters. The summed E-state index contributed by atoms with van der Waals surface area (Å²) in [6, 6.07) is -14.7. The first kappa shape index (κ1) is 79.6. The third-order valence-corrected chi connectivity index (χ3v) is 17.2. The van der Waals surface area contributed by atoms with Gasteiger partial charge in [-0.1, -0.05) is 101 Å². The number of aliphatic hydroxyl groups excluding tert-OH is 2. The number of fused-ring (bicyclic) bond motifs is 1. The molecule has 15 atom stereocenters. The SMILES string of the molecule is C=CCOC1C[C@@H]2C(=O)N(C)C([C@@H](C)O)C(=O)N[C@@H](C(C)C)C(=O)N(C)[C@@H](CC(C)C)C(=O)N[C@@H](C)C(=O)N[C@H](C)C(=O)N(C)[C@@H](CC(C)C)C(=O)N(C)[C@@H](CC(C)C)C(=O)N(C)[C@@H](C(C)C)C(=O)N(C)[C@@H]([C@H](O)[C@H](C)C/C=C/C)C(=O)N[C@@H](CC)C(=O)N2C1. The maximum Gasteiger partial charge on any atom is 0.246 e. The molecule has 0 radical (unpaired) electrons. The van der Waals surface area contributed by atoms with E-state index in [-0.39, 0.29) is 69.4 Å². The highest BCUT2D eigenvalue weighted by Crippen LogP contribution is 2.28. The molecule has 0 aromatic rings. The minimum absolute atomic E-state index is 0.0394. The maximum atomic E-state index is 15.3. The third-order valence-electron chi connectivity index (χ3n) is 17.2. The minimum Gasteiger partial charge on any atom is -0.391 e. The molecule has 512 valence electrons. The fourth-order valence-electron chi connectivity index (χ4n) is 11.8. The van der Waals surface area contributed by atoms with Crippen molar-refractivity contribution in [3.05, 3.63) is 24.8 Å². The predicted octanol–water partition coefficient (Wildman–Crippen LogP) is 2.32. The largest absolute Gasteiger partial charge is 0.391 e. The van der Waals surface area contributed by atoms with E-state index in [1.807, 2.05) is 41.5 Å². The van der Waals surface area contributed by atoms with Gasteiger partial charge in [-0.15, -0.1) is 6.58 Å². The van der Waals surface area contributed by atoms with E-state index in [0.29, 0.717) is 0 Å². The maximum absolute atomic E-state index is 15.3. The van der Waals surface area contributed by atoms with Crippen molar-refractivity contribution < 1.29 is 67.7 Å². The van der Waals surface area contributed by atoms with Gasteiger partial charge in [-0.2, -0.15) is 0 Å². The Morgan fingerprint density at radius 3 is 1.48 bits per heavy atom. The van der Waals surface area contributed by atoms with Crippen LogP contribution in [-0.4, -0.2) is 250 Å². The van der Waals surface area contributed by atoms with Crippen molar-refractivity contribution in [3.8, 4) is 0 Å². The molecule has 0 aromatic carbocycles. The fourth-order valence-corrected chi connectivity index (χ4v) is 11.8. The first-order chi connectivity index (χ1) is 41.7. The predicted molar refractivity (Wildman–Crippen MR) is 343 cm³/mol. The normalized spacial score (nSPS) is 28.6. The summed E-state index contributed by atoms with van der Waals surface area (Å²) in [5.41, 5.74) is 0. The smallest absolute Gasteiger partial charge is 0.246 e. The molecule has 90 heavy (non-hydrogen) atoms. The molecule has 2 fully saturated rings. The second-order valence-electron chi connectivity index (χ2n) is 26.9. The van der Waals surface area contributed by atoms with Gasteiger partial charge in [-0.3, -0.25) is 52.7 Å². The van der Waals surface area contributed by atoms with Gasteiger partial charge < -0.3 is 70.5 Å². The van der Waals surface area contributed by atoms with Gasteiger partial charge in [0.2, 0.25) is 65.0 Å². The number of nitrogens with zero attached hydrogens (tertiary/aromatic N) is 7. The van der Waals surface area contributed by atoms with Crippen LogP contribution in [0.15, 0.2) is 24.8 Å². The van der Waals surface area contributed by atoms with Gasteiger partial charge in [0, 0.05) is 55.3 Å². The van der Waals surface area contributed by atoms with E-state index >= 15 is 24.0 Å². The molecule has 0 aliphatic carbocycles. The fraction of sp³-hybridized carbons (Fsp3) is 0.769. The van der Waals surface area contributed by atoms with Gasteiger partial charge in [0.15, 0.2) is 0 Å². The van der Waals surface area contributed by atoms with Crippen LogP contribution in [0.4, 0.5) is 0 Å². The van der Waals surface area contributed by atoms with E-state index < -0.39 is 168 Å². The van der Waals surface area contributed by atoms with Crippen LogP contribution < -0.4 is 21.3 Å². The molecular weight excluding hydrogens is 1160 g/mol. The van der Waals surface area contributed by atoms with E-state index in [1.165, 1.54) is 93.6 Å². The van der Waals surface area contributed by atoms with E-state index in [9.17, 15) is 39.0 Å². The Morgan fingerprint density at radius 1 is 0.533 bits per heavy atom. The first-order valence-corrected chi connectivity index (χ1v) is 32.1. The first-order valence-electron chi connectivity index (χ1n) is 32.1. The van der Waals surface area contributed by atoms with Gasteiger partial charge >= 0.3 is 0 Å². The zero-order valence-corrected chi connectivity index (χ0v) is 58.1. The van der Waals surface area contributed by atoms with E-state index in [2.05, 4.69) is 27.8 Å². The molecule has 0 aromatic heterocycles. The number of carbonyl (C=O) groups excluding carboxylic acids is 11. The molecule has 2 aliphatic heterocycles. The highest BCUT2D eigenvalue weighted by molar-refractivity contribution is 6.00. The standard InChI is InChI=1S/C65H113N11O14/c1-24-27-28-40(14)54(78)53-58(82)68-45(26-3)60(84)76-34-44(90-29-25-2)33-49(76)63(87)74(22)52(43(17)77)57(81)69-50(38(10)11)64(88)70(18)46(30-35(4)5)56(80)66-41(15)55(79)67-42(16)59(83)71(19)47(31-36(6)7)61(85)72(20)48(32-37(8)9)62(86)73(21)51(39(12)13)65(89)75(53)23/h24-25,27,35-54,77-78H,2,26,28-34H2,1,3-23H3,(H,66,80)(H,67,79)(H,68,82)(H,69,81)/b27-24+/t40-,41+,42-,43-,44?,45+,46+,47+,48+,49-,50+,51+,52?,53+,54-/m1/s1. The summed E-state index contributed by atoms with van der Waals surface area (Å²) in [5.74, 6) is -10.7. The van der Waals surface area contributed by atoms with Crippen LogP contribution in [0.1, 0.15) is 149 Å². The Morgan fingerprint density at radius 2 is 1.00 bits per heavy atom. The van der Waals surface area contributed by atoms with Crippen molar-refractivity contribution in [2.24, 2.45) is 35.5 Å². The second kappa shape index (κ2) is 36.0. The molecule has 6 N–H and O–H groups in total. The number of amides is 11. The number of rotatable bonds is 17. The van der Waals surface area contributed by atoms with E-state index in [0.717, 1.165) is 9.80 Å². The molecule has 0 spiro atoms. The summed E-state index contributed by atoms with van der Waals surface area (Å²) in [4.78, 5) is 171. The summed E-state index contributed by atoms with van der Waals surface area (Å²) in [7, 11) is 8.29. The van der Waals surface area contributed by atoms with E-state index in [1.54, 1.807) is 60.6 Å². The molecule has 2 aliphatic rings. The number of nitrogens with one attached hydrogen (secondary N) is 4. The van der Waals surface area contributed by atoms with Crippen LogP contribution in [0.2, 0.25) is 0 Å². The Bertz CT molecular complexity index is 2520. The number of aliphatic hydroxyl groups is 2. The number of hydrogen-bond donors (Lipinski definition) is 6. The van der Waals surface area contributed by atoms with Crippen LogP contribution >= 0.6 is 0 Å². The van der Waals surface area contributed by atoms with Crippen molar-refractivity contribution >= 4 is 65.0 Å². The molecule has 11 amide bonds. The van der Waals surface area contributed by atoms with Gasteiger partial charge in [-0.25, -0.2) is 0 Å². The lowest BCUT2D eigenvalue weighted by molar-refractivity contribution is -0.157. The highest BCUT2D eigenvalue weighted by atomic mass is 16.5. The lowest BCUT2D eigenvalue weighted by Crippen LogP contribution is -2.64. The van der Waals surface area contributed by atoms with Crippen molar-refractivity contribution in [1.29, 1.82) is 0 Å². The van der Waals surface area contributed by atoms with Crippen LogP contribution in [0.3, 0.4) is 0 Å².